The molecule has 2 N–H and O–H groups in total. The third-order valence-corrected chi connectivity index (χ3v) is 4.54. The Balaban J connectivity index is 1.87. The number of amides is 1. The van der Waals surface area contributed by atoms with Gasteiger partial charge in [-0.05, 0) is 38.2 Å². The molecule has 1 saturated carbocycles. The summed E-state index contributed by atoms with van der Waals surface area (Å²) >= 11 is 0. The fourth-order valence-corrected chi connectivity index (χ4v) is 3.29. The van der Waals surface area contributed by atoms with Crippen molar-refractivity contribution in [2.24, 2.45) is 5.73 Å². The first kappa shape index (κ1) is 16.0. The summed E-state index contributed by atoms with van der Waals surface area (Å²) in [6.45, 7) is 2.85. The van der Waals surface area contributed by atoms with Crippen molar-refractivity contribution in [3.8, 4) is 0 Å². The zero-order chi connectivity index (χ0) is 15.1. The van der Waals surface area contributed by atoms with Gasteiger partial charge in [-0.25, -0.2) is 0 Å². The highest BCUT2D eigenvalue weighted by molar-refractivity contribution is 5.82. The van der Waals surface area contributed by atoms with Crippen LogP contribution in [0.5, 0.6) is 0 Å². The molecular formula is C18H28N2O. The molecule has 0 aromatic heterocycles. The molecule has 3 heteroatoms. The zero-order valence-electron chi connectivity index (χ0n) is 13.1. The first-order chi connectivity index (χ1) is 10.2. The van der Waals surface area contributed by atoms with E-state index in [1.807, 2.05) is 23.1 Å². The number of carbonyl (C=O) groups excluding carboxylic acids is 1. The van der Waals surface area contributed by atoms with E-state index in [9.17, 15) is 4.79 Å². The van der Waals surface area contributed by atoms with E-state index in [2.05, 4.69) is 19.1 Å². The van der Waals surface area contributed by atoms with Crippen LogP contribution in [0.2, 0.25) is 0 Å². The van der Waals surface area contributed by atoms with Crippen molar-refractivity contribution < 1.29 is 4.79 Å². The van der Waals surface area contributed by atoms with Crippen molar-refractivity contribution in [2.75, 3.05) is 6.54 Å². The van der Waals surface area contributed by atoms with Crippen LogP contribution >= 0.6 is 0 Å². The fourth-order valence-electron chi connectivity index (χ4n) is 3.29. The molecular weight excluding hydrogens is 260 g/mol. The lowest BCUT2D eigenvalue weighted by molar-refractivity contribution is -0.135. The molecule has 1 aromatic carbocycles. The number of rotatable bonds is 6. The molecule has 2 rings (SSSR count). The van der Waals surface area contributed by atoms with Gasteiger partial charge in [-0.2, -0.15) is 0 Å². The van der Waals surface area contributed by atoms with Crippen molar-refractivity contribution in [1.29, 1.82) is 0 Å². The van der Waals surface area contributed by atoms with E-state index in [1.54, 1.807) is 0 Å². The predicted octanol–water partition coefficient (Wildman–Crippen LogP) is 3.13. The van der Waals surface area contributed by atoms with Gasteiger partial charge >= 0.3 is 0 Å². The molecule has 1 unspecified atom stereocenters. The summed E-state index contributed by atoms with van der Waals surface area (Å²) < 4.78 is 0. The Labute approximate surface area is 128 Å². The van der Waals surface area contributed by atoms with Crippen LogP contribution in [-0.4, -0.2) is 29.4 Å². The highest BCUT2D eigenvalue weighted by atomic mass is 16.2. The fraction of sp³-hybridized carbons (Fsp3) is 0.611. The summed E-state index contributed by atoms with van der Waals surface area (Å²) in [7, 11) is 0. The quantitative estimate of drug-likeness (QED) is 0.874. The molecule has 116 valence electrons. The number of likely N-dealkylation sites (N-methyl/N-ethyl adjacent to an activating group) is 1. The number of hydrogen-bond acceptors (Lipinski definition) is 2. The van der Waals surface area contributed by atoms with Gasteiger partial charge in [0.25, 0.3) is 0 Å². The van der Waals surface area contributed by atoms with Gasteiger partial charge in [0.05, 0.1) is 6.04 Å². The second-order valence-electron chi connectivity index (χ2n) is 6.05. The molecule has 0 saturated heterocycles. The summed E-state index contributed by atoms with van der Waals surface area (Å²) in [5.41, 5.74) is 7.41. The van der Waals surface area contributed by atoms with Crippen molar-refractivity contribution in [3.05, 3.63) is 35.9 Å². The SMILES string of the molecule is CCN(C(=O)C(N)CCc1ccccc1)C1CCCCC1. The highest BCUT2D eigenvalue weighted by Gasteiger charge is 2.27. The molecule has 1 aliphatic rings. The molecule has 21 heavy (non-hydrogen) atoms. The predicted molar refractivity (Wildman–Crippen MR) is 87.0 cm³/mol. The second-order valence-corrected chi connectivity index (χ2v) is 6.05. The Kier molecular flexibility index (Phi) is 6.24. The van der Waals surface area contributed by atoms with Crippen LogP contribution in [-0.2, 0) is 11.2 Å². The average molecular weight is 288 g/mol. The molecule has 1 aromatic rings. The maximum atomic E-state index is 12.6. The molecule has 1 aliphatic carbocycles. The number of nitrogens with two attached hydrogens (primary N) is 1. The molecule has 1 amide bonds. The first-order valence-electron chi connectivity index (χ1n) is 8.32. The number of nitrogens with zero attached hydrogens (tertiary/aromatic N) is 1. The van der Waals surface area contributed by atoms with E-state index in [-0.39, 0.29) is 11.9 Å². The van der Waals surface area contributed by atoms with Gasteiger partial charge in [0.1, 0.15) is 0 Å². The maximum absolute atomic E-state index is 12.6. The molecule has 1 atom stereocenters. The normalized spacial score (nSPS) is 17.4. The van der Waals surface area contributed by atoms with E-state index in [4.69, 9.17) is 5.73 Å². The van der Waals surface area contributed by atoms with Crippen LogP contribution in [0.4, 0.5) is 0 Å². The average Bonchev–Trinajstić information content (AvgIpc) is 2.55. The van der Waals surface area contributed by atoms with Gasteiger partial charge in [0, 0.05) is 12.6 Å². The minimum atomic E-state index is -0.368. The third kappa shape index (κ3) is 4.57. The molecule has 0 aliphatic heterocycles. The molecule has 0 bridgehead atoms. The zero-order valence-corrected chi connectivity index (χ0v) is 13.1. The van der Waals surface area contributed by atoms with Gasteiger partial charge in [-0.3, -0.25) is 4.79 Å². The minimum absolute atomic E-state index is 0.139. The van der Waals surface area contributed by atoms with Crippen LogP contribution < -0.4 is 5.73 Å². The Hall–Kier alpha value is -1.35. The molecule has 0 spiro atoms. The Bertz CT molecular complexity index is 426. The lowest BCUT2D eigenvalue weighted by Crippen LogP contribution is -2.49. The van der Waals surface area contributed by atoms with Gasteiger partial charge in [0.15, 0.2) is 0 Å². The summed E-state index contributed by atoms with van der Waals surface area (Å²) in [6.07, 6.45) is 7.68. The van der Waals surface area contributed by atoms with Crippen molar-refractivity contribution >= 4 is 5.91 Å². The first-order valence-corrected chi connectivity index (χ1v) is 8.32. The monoisotopic (exact) mass is 288 g/mol. The second kappa shape index (κ2) is 8.18. The highest BCUT2D eigenvalue weighted by Crippen LogP contribution is 2.23. The summed E-state index contributed by atoms with van der Waals surface area (Å²) in [5, 5.41) is 0. The summed E-state index contributed by atoms with van der Waals surface area (Å²) in [6, 6.07) is 10.3. The van der Waals surface area contributed by atoms with Crippen LogP contribution in [0.25, 0.3) is 0 Å². The minimum Gasteiger partial charge on any atom is -0.339 e. The van der Waals surface area contributed by atoms with Crippen LogP contribution in [0, 0.1) is 0 Å². The summed E-state index contributed by atoms with van der Waals surface area (Å²) in [4.78, 5) is 14.6. The standard InChI is InChI=1S/C18H28N2O/c1-2-20(16-11-7-4-8-12-16)18(21)17(19)14-13-15-9-5-3-6-10-15/h3,5-6,9-10,16-17H,2,4,7-8,11-14,19H2,1H3. The van der Waals surface area contributed by atoms with Crippen molar-refractivity contribution in [1.82, 2.24) is 4.90 Å². The van der Waals surface area contributed by atoms with Crippen molar-refractivity contribution in [3.63, 3.8) is 0 Å². The molecule has 0 heterocycles. The van der Waals surface area contributed by atoms with E-state index < -0.39 is 0 Å². The van der Waals surface area contributed by atoms with Gasteiger partial charge in [0.2, 0.25) is 5.91 Å². The Morgan fingerprint density at radius 1 is 1.24 bits per heavy atom. The lowest BCUT2D eigenvalue weighted by Gasteiger charge is -2.35. The Morgan fingerprint density at radius 2 is 1.90 bits per heavy atom. The van der Waals surface area contributed by atoms with E-state index in [0.29, 0.717) is 6.04 Å². The van der Waals surface area contributed by atoms with Crippen LogP contribution in [0.1, 0.15) is 51.0 Å². The van der Waals surface area contributed by atoms with Gasteiger partial charge < -0.3 is 10.6 Å². The molecule has 3 nitrogen and oxygen atoms in total. The number of hydrogen-bond donors (Lipinski definition) is 1. The van der Waals surface area contributed by atoms with Crippen LogP contribution in [0.3, 0.4) is 0 Å². The van der Waals surface area contributed by atoms with E-state index in [0.717, 1.165) is 32.2 Å². The molecule has 1 fully saturated rings. The number of aryl methyl sites for hydroxylation is 1. The van der Waals surface area contributed by atoms with Crippen molar-refractivity contribution in [2.45, 2.75) is 64.0 Å². The topological polar surface area (TPSA) is 46.3 Å². The smallest absolute Gasteiger partial charge is 0.239 e. The van der Waals surface area contributed by atoms with Crippen LogP contribution in [0.15, 0.2) is 30.3 Å². The van der Waals surface area contributed by atoms with Gasteiger partial charge in [-0.1, -0.05) is 49.6 Å². The largest absolute Gasteiger partial charge is 0.339 e. The summed E-state index contributed by atoms with van der Waals surface area (Å²) in [5.74, 6) is 0.139. The Morgan fingerprint density at radius 3 is 2.52 bits per heavy atom. The van der Waals surface area contributed by atoms with E-state index >= 15 is 0 Å². The van der Waals surface area contributed by atoms with E-state index in [1.165, 1.54) is 24.8 Å². The molecule has 0 radical (unpaired) electrons. The number of benzene rings is 1. The third-order valence-electron chi connectivity index (χ3n) is 4.54. The number of carbonyl (C=O) groups is 1. The lowest BCUT2D eigenvalue weighted by atomic mass is 9.93. The van der Waals surface area contributed by atoms with Gasteiger partial charge in [-0.15, -0.1) is 0 Å². The maximum Gasteiger partial charge on any atom is 0.239 e.